The van der Waals surface area contributed by atoms with Crippen LogP contribution in [0.3, 0.4) is 0 Å². The van der Waals surface area contributed by atoms with Gasteiger partial charge in [-0.3, -0.25) is 0 Å². The van der Waals surface area contributed by atoms with Crippen LogP contribution < -0.4 is 0 Å². The van der Waals surface area contributed by atoms with E-state index in [1.54, 1.807) is 18.2 Å². The van der Waals surface area contributed by atoms with E-state index in [-0.39, 0.29) is 0 Å². The number of fused-ring (bicyclic) bond motifs is 3. The number of hydrogen-bond acceptors (Lipinski definition) is 1. The van der Waals surface area contributed by atoms with Crippen LogP contribution in [0.4, 0.5) is 0 Å². The third-order valence-corrected chi connectivity index (χ3v) is 3.90. The molecule has 0 fully saturated rings. The number of carbonyl (C=O) groups excluding carboxylic acids is 1. The molecule has 0 heterocycles. The summed E-state index contributed by atoms with van der Waals surface area (Å²) < 4.78 is 0. The second-order valence-corrected chi connectivity index (χ2v) is 10.9. The molecule has 0 bridgehead atoms. The van der Waals surface area contributed by atoms with E-state index in [9.17, 15) is 4.79 Å². The second kappa shape index (κ2) is 14.7. The Morgan fingerprint density at radius 1 is 1.03 bits per heavy atom. The van der Waals surface area contributed by atoms with Gasteiger partial charge in [0.05, 0.1) is 5.91 Å². The summed E-state index contributed by atoms with van der Waals surface area (Å²) >= 11 is -0.826. The van der Waals surface area contributed by atoms with E-state index in [0.717, 1.165) is 21.5 Å². The van der Waals surface area contributed by atoms with Crippen LogP contribution in [0.1, 0.15) is 27.0 Å². The zero-order chi connectivity index (χ0) is 21.6. The molecule has 1 amide bonds. The van der Waals surface area contributed by atoms with Crippen molar-refractivity contribution >= 4 is 32.5 Å². The van der Waals surface area contributed by atoms with Crippen LogP contribution >= 0.6 is 17.0 Å². The van der Waals surface area contributed by atoms with Gasteiger partial charge >= 0.3 is 37.9 Å². The molecule has 0 aliphatic heterocycles. The molecule has 1 N–H and O–H groups in total. The summed E-state index contributed by atoms with van der Waals surface area (Å²) in [6.07, 6.45) is 1.05. The smallest absolute Gasteiger partial charge is 0.0253 e. The summed E-state index contributed by atoms with van der Waals surface area (Å²) in [5.74, 6) is -0.622. The van der Waals surface area contributed by atoms with Gasteiger partial charge in [-0.25, -0.2) is 0 Å². The summed E-state index contributed by atoms with van der Waals surface area (Å²) in [7, 11) is 11.0. The van der Waals surface area contributed by atoms with Crippen LogP contribution in [0, 0.1) is 13.0 Å². The number of aryl methyl sites for hydroxylation is 1. The van der Waals surface area contributed by atoms with Crippen molar-refractivity contribution in [2.75, 3.05) is 0 Å². The first kappa shape index (κ1) is 25.8. The number of hydrogen-bond donors (Lipinski definition) is 0. The van der Waals surface area contributed by atoms with Crippen molar-refractivity contribution in [3.05, 3.63) is 101 Å². The van der Waals surface area contributed by atoms with Crippen molar-refractivity contribution in [1.29, 1.82) is 0 Å². The van der Waals surface area contributed by atoms with Crippen molar-refractivity contribution in [2.45, 2.75) is 26.4 Å². The van der Waals surface area contributed by atoms with Gasteiger partial charge in [-0.2, -0.15) is 29.8 Å². The monoisotopic (exact) mass is 517 g/mol. The summed E-state index contributed by atoms with van der Waals surface area (Å²) in [6.45, 7) is 6.20. The number of halogens is 2. The molecular weight excluding hydrogens is 496 g/mol. The molecule has 0 unspecified atom stereocenters. The Kier molecular flexibility index (Phi) is 13.1. The van der Waals surface area contributed by atoms with Crippen LogP contribution in [-0.2, 0) is 27.3 Å². The van der Waals surface area contributed by atoms with E-state index in [4.69, 9.17) is 22.8 Å². The minimum absolute atomic E-state index is 0.458. The molecule has 2 nitrogen and oxygen atoms in total. The molecule has 29 heavy (non-hydrogen) atoms. The zero-order valence-corrected chi connectivity index (χ0v) is 21.7. The molecule has 1 aliphatic carbocycles. The molecule has 0 saturated carbocycles. The minimum atomic E-state index is -0.826. The quantitative estimate of drug-likeness (QED) is 0.191. The molecule has 0 spiro atoms. The van der Waals surface area contributed by atoms with Gasteiger partial charge in [0, 0.05) is 9.52 Å². The number of amides is 1. The molecule has 4 rings (SSSR count). The van der Waals surface area contributed by atoms with Crippen molar-refractivity contribution in [1.82, 2.24) is 0 Å². The van der Waals surface area contributed by atoms with Gasteiger partial charge < -0.3 is 10.5 Å². The summed E-state index contributed by atoms with van der Waals surface area (Å²) in [5.41, 5.74) is 13.8. The Hall–Kier alpha value is -1.19. The van der Waals surface area contributed by atoms with E-state index in [0.29, 0.717) is 5.56 Å². The Balaban J connectivity index is 0.000000235. The van der Waals surface area contributed by atoms with Gasteiger partial charge in [0.15, 0.2) is 0 Å². The molecule has 3 aromatic rings. The van der Waals surface area contributed by atoms with Gasteiger partial charge in [-0.05, 0) is 18.9 Å². The van der Waals surface area contributed by atoms with Gasteiger partial charge in [-0.15, -0.1) is 5.56 Å². The van der Waals surface area contributed by atoms with Crippen molar-refractivity contribution in [2.24, 2.45) is 0 Å². The number of nitrogens with one attached hydrogen (secondary N) is 1. The normalized spacial score (nSPS) is 9.69. The Labute approximate surface area is 195 Å². The van der Waals surface area contributed by atoms with Crippen LogP contribution in [0.15, 0.2) is 66.7 Å². The fourth-order valence-corrected chi connectivity index (χ4v) is 2.78. The summed E-state index contributed by atoms with van der Waals surface area (Å²) in [4.78, 5) is 10.5. The summed E-state index contributed by atoms with van der Waals surface area (Å²) in [5, 5.41) is 0. The van der Waals surface area contributed by atoms with Gasteiger partial charge in [-0.1, -0.05) is 78.3 Å². The van der Waals surface area contributed by atoms with Crippen LogP contribution in [-0.4, -0.2) is 15.4 Å². The Morgan fingerprint density at radius 3 is 2.24 bits per heavy atom. The van der Waals surface area contributed by atoms with Crippen LogP contribution in [0.25, 0.3) is 16.9 Å². The maximum Gasteiger partial charge on any atom is -0.0253 e. The van der Waals surface area contributed by atoms with E-state index in [1.165, 1.54) is 22.3 Å². The predicted molar refractivity (Wildman–Crippen MR) is 123 cm³/mol. The first-order valence-corrected chi connectivity index (χ1v) is 17.3. The minimum Gasteiger partial charge on any atom is -0.179 e. The number of carbonyl (C=O) groups is 1. The molecule has 2 radical (unpaired) electrons. The molecule has 6 heteroatoms. The molecule has 3 aromatic carbocycles. The molecule has 0 aromatic heterocycles. The topological polar surface area (TPSA) is 40.9 Å². The van der Waals surface area contributed by atoms with Crippen molar-refractivity contribution in [3.63, 3.8) is 0 Å². The average Bonchev–Trinajstić information content (AvgIpc) is 3.08. The van der Waals surface area contributed by atoms with Gasteiger partial charge in [0.1, 0.15) is 0 Å². The zero-order valence-electron chi connectivity index (χ0n) is 16.7. The molecule has 0 saturated heterocycles. The standard InChI is InChI=1S/C13H9.C8H9NO.C2H6Si.2ClH.Zr/c1-3-7-12-10(5-1)9-11-6-2-4-8-13(11)12;1-6-3-2-4-7(5-6)8(9)10;1-3-2;;;/h1-5,7-8H,9H2;2-5H,1H3,(H2,9,10);1-2H3;2*1H;/q-1;;;;;+4/p-3. The van der Waals surface area contributed by atoms with E-state index in [1.807, 2.05) is 19.1 Å². The maximum atomic E-state index is 10.5. The van der Waals surface area contributed by atoms with Crippen LogP contribution in [0.5, 0.6) is 0 Å². The largest absolute Gasteiger partial charge is 0.179 e. The molecule has 0 atom stereocenters. The van der Waals surface area contributed by atoms with Gasteiger partial charge in [0.2, 0.25) is 0 Å². The third kappa shape index (κ3) is 9.00. The second-order valence-electron chi connectivity index (χ2n) is 6.17. The fraction of sp³-hybridized carbons (Fsp3) is 0.174. The maximum absolute atomic E-state index is 10.5. The Bertz CT molecular complexity index is 860. The van der Waals surface area contributed by atoms with E-state index < -0.39 is 26.8 Å². The predicted octanol–water partition coefficient (Wildman–Crippen LogP) is 7.41. The van der Waals surface area contributed by atoms with Crippen LogP contribution in [0.2, 0.25) is 13.1 Å². The van der Waals surface area contributed by atoms with Crippen molar-refractivity contribution in [3.8, 4) is 11.1 Å². The SMILES string of the molecule is C[Si]C.Cc1cccc(C([NH-])=O)c1.[Cl][Zr+2][Cl].[c-]1cccc2c1Cc1ccccc1-2. The summed E-state index contributed by atoms with van der Waals surface area (Å²) in [6, 6.07) is 25.1. The first-order chi connectivity index (χ1) is 14.0. The Morgan fingerprint density at radius 2 is 1.66 bits per heavy atom. The van der Waals surface area contributed by atoms with E-state index in [2.05, 4.69) is 55.6 Å². The molecule has 1 aliphatic rings. The first-order valence-electron chi connectivity index (χ1n) is 8.93. The fourth-order valence-electron chi connectivity index (χ4n) is 2.78. The number of rotatable bonds is 1. The molecular formula is C23H23Cl2NOSiZr. The third-order valence-electron chi connectivity index (χ3n) is 3.90. The van der Waals surface area contributed by atoms with Gasteiger partial charge in [0.25, 0.3) is 0 Å². The molecule has 148 valence electrons. The van der Waals surface area contributed by atoms with Crippen molar-refractivity contribution < 1.29 is 25.6 Å². The number of benzene rings is 3. The average molecular weight is 520 g/mol. The van der Waals surface area contributed by atoms with E-state index >= 15 is 0 Å².